The molecule has 9 nitrogen and oxygen atoms in total. The third-order valence-corrected chi connectivity index (χ3v) is 8.60. The molecule has 3 aliphatic rings. The third kappa shape index (κ3) is 4.58. The number of hydrogen-bond donors (Lipinski definition) is 3. The summed E-state index contributed by atoms with van der Waals surface area (Å²) in [4.78, 5) is 27.4. The number of carbonyl (C=O) groups excluding carboxylic acids is 1. The molecule has 1 aliphatic carbocycles. The SMILES string of the molecule is CC1C[C@@H](O)c2ncnc(N3CCN(C(=O)[C@@H](c4ccc(-c5cn[nH]c5)cc4)[C@@H]4CCC(C)(C)N4)CC3)c21. The van der Waals surface area contributed by atoms with Gasteiger partial charge in [-0.1, -0.05) is 31.2 Å². The smallest absolute Gasteiger partial charge is 0.231 e. The van der Waals surface area contributed by atoms with Gasteiger partial charge in [0.25, 0.3) is 0 Å². The molecule has 6 rings (SSSR count). The predicted molar refractivity (Wildman–Crippen MR) is 146 cm³/mol. The van der Waals surface area contributed by atoms with Crippen LogP contribution in [-0.4, -0.2) is 73.8 Å². The van der Waals surface area contributed by atoms with Crippen LogP contribution in [0.1, 0.15) is 74.8 Å². The average Bonchev–Trinajstić information content (AvgIpc) is 3.65. The standard InChI is InChI=1S/C29H37N7O2/c1-18-14-23(37)26-24(18)27(31-17-30-26)35-10-12-36(13-11-35)28(38)25(22-8-9-29(2,3)34-22)20-6-4-19(5-7-20)21-15-32-33-16-21/h4-7,15-18,22-23,25,34,37H,8-14H2,1-3H3,(H,32,33)/t18?,22-,23+,25-/m0/s1. The van der Waals surface area contributed by atoms with E-state index >= 15 is 0 Å². The van der Waals surface area contributed by atoms with Crippen LogP contribution in [0.4, 0.5) is 5.82 Å². The molecule has 2 aliphatic heterocycles. The molecule has 38 heavy (non-hydrogen) atoms. The lowest BCUT2D eigenvalue weighted by Gasteiger charge is -2.39. The molecule has 1 unspecified atom stereocenters. The molecule has 200 valence electrons. The maximum absolute atomic E-state index is 14.1. The molecule has 0 radical (unpaired) electrons. The summed E-state index contributed by atoms with van der Waals surface area (Å²) in [5.41, 5.74) is 5.01. The number of piperazine rings is 1. The quantitative estimate of drug-likeness (QED) is 0.478. The second-order valence-electron chi connectivity index (χ2n) is 11.7. The Morgan fingerprint density at radius 2 is 1.87 bits per heavy atom. The highest BCUT2D eigenvalue weighted by molar-refractivity contribution is 5.85. The van der Waals surface area contributed by atoms with Gasteiger partial charge in [-0.2, -0.15) is 5.10 Å². The van der Waals surface area contributed by atoms with Crippen LogP contribution in [0.2, 0.25) is 0 Å². The van der Waals surface area contributed by atoms with Gasteiger partial charge in [-0.3, -0.25) is 9.89 Å². The van der Waals surface area contributed by atoms with Gasteiger partial charge in [0.15, 0.2) is 0 Å². The second kappa shape index (κ2) is 9.78. The predicted octanol–water partition coefficient (Wildman–Crippen LogP) is 3.37. The van der Waals surface area contributed by atoms with Gasteiger partial charge in [0.1, 0.15) is 12.1 Å². The number of H-pyrrole nitrogens is 1. The van der Waals surface area contributed by atoms with Gasteiger partial charge >= 0.3 is 0 Å². The minimum Gasteiger partial charge on any atom is -0.387 e. The van der Waals surface area contributed by atoms with Crippen molar-refractivity contribution in [3.63, 3.8) is 0 Å². The number of benzene rings is 1. The van der Waals surface area contributed by atoms with Crippen LogP contribution in [0.5, 0.6) is 0 Å². The molecule has 2 fully saturated rings. The van der Waals surface area contributed by atoms with Crippen molar-refractivity contribution in [2.75, 3.05) is 31.1 Å². The zero-order valence-electron chi connectivity index (χ0n) is 22.4. The zero-order chi connectivity index (χ0) is 26.4. The van der Waals surface area contributed by atoms with Crippen molar-refractivity contribution in [1.82, 2.24) is 30.4 Å². The number of carbonyl (C=O) groups is 1. The van der Waals surface area contributed by atoms with Crippen molar-refractivity contribution < 1.29 is 9.90 Å². The molecular formula is C29H37N7O2. The average molecular weight is 516 g/mol. The Bertz CT molecular complexity index is 1280. The van der Waals surface area contributed by atoms with Crippen molar-refractivity contribution in [1.29, 1.82) is 0 Å². The largest absolute Gasteiger partial charge is 0.387 e. The van der Waals surface area contributed by atoms with E-state index in [1.165, 1.54) is 0 Å². The summed E-state index contributed by atoms with van der Waals surface area (Å²) in [6.07, 6.45) is 7.44. The number of nitrogens with zero attached hydrogens (tertiary/aromatic N) is 5. The van der Waals surface area contributed by atoms with Gasteiger partial charge in [0.2, 0.25) is 5.91 Å². The van der Waals surface area contributed by atoms with E-state index in [1.54, 1.807) is 6.33 Å². The van der Waals surface area contributed by atoms with Gasteiger partial charge in [-0.25, -0.2) is 9.97 Å². The minimum absolute atomic E-state index is 0.0211. The lowest BCUT2D eigenvalue weighted by atomic mass is 9.88. The highest BCUT2D eigenvalue weighted by Gasteiger charge is 2.41. The first kappa shape index (κ1) is 25.0. The summed E-state index contributed by atoms with van der Waals surface area (Å²) >= 11 is 0. The van der Waals surface area contributed by atoms with Gasteiger partial charge in [0.05, 0.1) is 23.9 Å². The fourth-order valence-corrected chi connectivity index (χ4v) is 6.54. The number of aliphatic hydroxyl groups excluding tert-OH is 1. The molecule has 2 saturated heterocycles. The molecule has 4 heterocycles. The lowest BCUT2D eigenvalue weighted by molar-refractivity contribution is -0.133. The molecule has 0 bridgehead atoms. The van der Waals surface area contributed by atoms with Crippen molar-refractivity contribution in [2.45, 2.75) is 69.6 Å². The molecule has 9 heteroatoms. The van der Waals surface area contributed by atoms with E-state index in [1.807, 2.05) is 17.3 Å². The lowest BCUT2D eigenvalue weighted by Crippen LogP contribution is -2.53. The molecule has 0 saturated carbocycles. The monoisotopic (exact) mass is 515 g/mol. The highest BCUT2D eigenvalue weighted by atomic mass is 16.3. The summed E-state index contributed by atoms with van der Waals surface area (Å²) in [5.74, 6) is 1.09. The van der Waals surface area contributed by atoms with E-state index in [0.29, 0.717) is 32.6 Å². The third-order valence-electron chi connectivity index (χ3n) is 8.60. The number of aromatic nitrogens is 4. The molecule has 1 aromatic carbocycles. The Morgan fingerprint density at radius 3 is 2.53 bits per heavy atom. The number of hydrogen-bond acceptors (Lipinski definition) is 7. The second-order valence-corrected chi connectivity index (χ2v) is 11.7. The molecule has 3 N–H and O–H groups in total. The maximum atomic E-state index is 14.1. The van der Waals surface area contributed by atoms with Crippen LogP contribution in [0.3, 0.4) is 0 Å². The van der Waals surface area contributed by atoms with Gasteiger partial charge < -0.3 is 20.2 Å². The maximum Gasteiger partial charge on any atom is 0.231 e. The van der Waals surface area contributed by atoms with Crippen molar-refractivity contribution in [3.8, 4) is 11.1 Å². The van der Waals surface area contributed by atoms with Gasteiger partial charge in [0, 0.05) is 55.1 Å². The minimum atomic E-state index is -0.520. The number of nitrogens with one attached hydrogen (secondary N) is 2. The molecule has 1 amide bonds. The fourth-order valence-electron chi connectivity index (χ4n) is 6.54. The van der Waals surface area contributed by atoms with E-state index in [-0.39, 0.29) is 29.3 Å². The molecule has 2 aromatic heterocycles. The van der Waals surface area contributed by atoms with E-state index in [4.69, 9.17) is 0 Å². The van der Waals surface area contributed by atoms with Crippen LogP contribution in [-0.2, 0) is 4.79 Å². The van der Waals surface area contributed by atoms with Crippen molar-refractivity contribution >= 4 is 11.7 Å². The number of rotatable bonds is 5. The fraction of sp³-hybridized carbons (Fsp3) is 0.517. The van der Waals surface area contributed by atoms with Crippen LogP contribution in [0.15, 0.2) is 43.0 Å². The number of aromatic amines is 1. The number of amides is 1. The van der Waals surface area contributed by atoms with Gasteiger partial charge in [-0.05, 0) is 50.2 Å². The summed E-state index contributed by atoms with van der Waals surface area (Å²) in [6, 6.07) is 8.48. The van der Waals surface area contributed by atoms with E-state index < -0.39 is 6.10 Å². The number of fused-ring (bicyclic) bond motifs is 1. The van der Waals surface area contributed by atoms with Crippen molar-refractivity contribution in [2.24, 2.45) is 0 Å². The van der Waals surface area contributed by atoms with Crippen molar-refractivity contribution in [3.05, 3.63) is 59.8 Å². The Kier molecular flexibility index (Phi) is 6.44. The first-order chi connectivity index (χ1) is 18.3. The Morgan fingerprint density at radius 1 is 1.11 bits per heavy atom. The van der Waals surface area contributed by atoms with E-state index in [9.17, 15) is 9.90 Å². The molecule has 4 atom stereocenters. The molecule has 3 aromatic rings. The van der Waals surface area contributed by atoms with Gasteiger partial charge in [-0.15, -0.1) is 0 Å². The topological polar surface area (TPSA) is 110 Å². The Balaban J connectivity index is 1.21. The van der Waals surface area contributed by atoms with E-state index in [2.05, 4.69) is 75.4 Å². The Hall–Kier alpha value is -3.30. The summed E-state index contributed by atoms with van der Waals surface area (Å²) < 4.78 is 0. The Labute approximate surface area is 223 Å². The summed E-state index contributed by atoms with van der Waals surface area (Å²) in [7, 11) is 0. The first-order valence-corrected chi connectivity index (χ1v) is 13.7. The van der Waals surface area contributed by atoms with Crippen LogP contribution in [0, 0.1) is 0 Å². The molecule has 0 spiro atoms. The van der Waals surface area contributed by atoms with Crippen LogP contribution < -0.4 is 10.2 Å². The highest BCUT2D eigenvalue weighted by Crippen LogP contribution is 2.43. The van der Waals surface area contributed by atoms with Crippen LogP contribution in [0.25, 0.3) is 11.1 Å². The summed E-state index contributed by atoms with van der Waals surface area (Å²) in [6.45, 7) is 9.28. The first-order valence-electron chi connectivity index (χ1n) is 13.7. The van der Waals surface area contributed by atoms with Crippen LogP contribution >= 0.6 is 0 Å². The number of aliphatic hydroxyl groups is 1. The van der Waals surface area contributed by atoms with E-state index in [0.717, 1.165) is 46.6 Å². The molecular weight excluding hydrogens is 478 g/mol. The summed E-state index contributed by atoms with van der Waals surface area (Å²) in [5, 5.41) is 21.1. The normalized spacial score (nSPS) is 25.4. The zero-order valence-corrected chi connectivity index (χ0v) is 22.4. The number of anilines is 1.